The van der Waals surface area contributed by atoms with Gasteiger partial charge in [-0.25, -0.2) is 0 Å². The average molecular weight is 143 g/mol. The molecule has 0 fully saturated rings. The summed E-state index contributed by atoms with van der Waals surface area (Å²) in [5.74, 6) is 4.83. The molecule has 0 aliphatic rings. The summed E-state index contributed by atoms with van der Waals surface area (Å²) in [7, 11) is 0. The van der Waals surface area contributed by atoms with Crippen molar-refractivity contribution in [1.29, 1.82) is 0 Å². The molecule has 0 rings (SSSR count). The van der Waals surface area contributed by atoms with Crippen LogP contribution in [0.4, 0.5) is 0 Å². The second-order valence-corrected chi connectivity index (χ2v) is 1.49. The van der Waals surface area contributed by atoms with E-state index in [2.05, 4.69) is 5.43 Å². The van der Waals surface area contributed by atoms with E-state index < -0.39 is 4.92 Å². The normalized spacial score (nSPS) is 12.0. The van der Waals surface area contributed by atoms with Gasteiger partial charge in [-0.1, -0.05) is 6.08 Å². The van der Waals surface area contributed by atoms with E-state index in [1.807, 2.05) is 0 Å². The van der Waals surface area contributed by atoms with Gasteiger partial charge in [0.2, 0.25) is 0 Å². The molecule has 0 unspecified atom stereocenters. The van der Waals surface area contributed by atoms with Gasteiger partial charge in [0.15, 0.2) is 0 Å². The maximum absolute atomic E-state index is 10.1. The smallest absolute Gasteiger partial charge is 0.285 e. The van der Waals surface area contributed by atoms with Gasteiger partial charge in [-0.3, -0.25) is 16.0 Å². The van der Waals surface area contributed by atoms with Crippen LogP contribution in [0.3, 0.4) is 0 Å². The molecule has 5 nitrogen and oxygen atoms in total. The summed E-state index contributed by atoms with van der Waals surface area (Å²) in [5, 5.41) is 10.1. The first-order chi connectivity index (χ1) is 4.72. The van der Waals surface area contributed by atoms with E-state index in [9.17, 15) is 10.1 Å². The Kier molecular flexibility index (Phi) is 3.90. The highest BCUT2D eigenvalue weighted by Gasteiger charge is 2.02. The molecule has 0 amide bonds. The molecule has 0 radical (unpaired) electrons. The summed E-state index contributed by atoms with van der Waals surface area (Å²) in [6.45, 7) is 1.69. The molecule has 3 N–H and O–H groups in total. The molecule has 0 saturated heterocycles. The van der Waals surface area contributed by atoms with E-state index >= 15 is 0 Å². The van der Waals surface area contributed by atoms with Crippen LogP contribution in [-0.4, -0.2) is 4.92 Å². The van der Waals surface area contributed by atoms with E-state index in [1.54, 1.807) is 13.0 Å². The molecule has 0 aromatic carbocycles. The van der Waals surface area contributed by atoms with Crippen molar-refractivity contribution < 1.29 is 4.92 Å². The highest BCUT2D eigenvalue weighted by molar-refractivity contribution is 5.08. The minimum absolute atomic E-state index is 0.0648. The minimum Gasteiger partial charge on any atom is -0.325 e. The first kappa shape index (κ1) is 8.64. The monoisotopic (exact) mass is 143 g/mol. The third-order valence-corrected chi connectivity index (χ3v) is 0.779. The van der Waals surface area contributed by atoms with Crippen LogP contribution in [0.1, 0.15) is 6.92 Å². The number of nitrogens with one attached hydrogen (secondary N) is 1. The van der Waals surface area contributed by atoms with Crippen molar-refractivity contribution in [2.75, 3.05) is 0 Å². The molecule has 0 aliphatic carbocycles. The maximum atomic E-state index is 10.1. The Morgan fingerprint density at radius 2 is 2.40 bits per heavy atom. The largest absolute Gasteiger partial charge is 0.325 e. The van der Waals surface area contributed by atoms with Crippen molar-refractivity contribution >= 4 is 0 Å². The van der Waals surface area contributed by atoms with Crippen molar-refractivity contribution in [3.8, 4) is 0 Å². The van der Waals surface area contributed by atoms with Crippen LogP contribution >= 0.6 is 0 Å². The zero-order valence-corrected chi connectivity index (χ0v) is 5.57. The maximum Gasteiger partial charge on any atom is 0.285 e. The summed E-state index contributed by atoms with van der Waals surface area (Å²) < 4.78 is 0. The Hall–Kier alpha value is -1.36. The van der Waals surface area contributed by atoms with E-state index in [4.69, 9.17) is 5.84 Å². The molecule has 0 atom stereocenters. The van der Waals surface area contributed by atoms with Gasteiger partial charge in [0.25, 0.3) is 5.70 Å². The number of hydrazine groups is 1. The fourth-order valence-corrected chi connectivity index (χ4v) is 0.418. The van der Waals surface area contributed by atoms with Crippen molar-refractivity contribution in [2.45, 2.75) is 6.92 Å². The van der Waals surface area contributed by atoms with E-state index in [0.29, 0.717) is 0 Å². The van der Waals surface area contributed by atoms with Crippen LogP contribution in [-0.2, 0) is 0 Å². The van der Waals surface area contributed by atoms with Gasteiger partial charge < -0.3 is 5.43 Å². The van der Waals surface area contributed by atoms with Gasteiger partial charge in [0, 0.05) is 6.08 Å². The SMILES string of the molecule is C/C=C/C(=C\NN)[N+](=O)[O-]. The van der Waals surface area contributed by atoms with Crippen molar-refractivity contribution in [2.24, 2.45) is 5.84 Å². The summed E-state index contributed by atoms with van der Waals surface area (Å²) in [5.41, 5.74) is 2.01. The second-order valence-electron chi connectivity index (χ2n) is 1.49. The fourth-order valence-electron chi connectivity index (χ4n) is 0.418. The quantitative estimate of drug-likeness (QED) is 0.255. The van der Waals surface area contributed by atoms with Gasteiger partial charge >= 0.3 is 0 Å². The minimum atomic E-state index is -0.528. The Labute approximate surface area is 58.3 Å². The van der Waals surface area contributed by atoms with Crippen LogP contribution in [0, 0.1) is 10.1 Å². The highest BCUT2D eigenvalue weighted by atomic mass is 16.6. The lowest BCUT2D eigenvalue weighted by Crippen LogP contribution is -2.15. The molecular weight excluding hydrogens is 134 g/mol. The predicted octanol–water partition coefficient (Wildman–Crippen LogP) is 0.144. The molecule has 5 heteroatoms. The summed E-state index contributed by atoms with van der Waals surface area (Å²) >= 11 is 0. The van der Waals surface area contributed by atoms with Crippen molar-refractivity contribution in [3.63, 3.8) is 0 Å². The van der Waals surface area contributed by atoms with Gasteiger partial charge in [-0.05, 0) is 6.92 Å². The summed E-state index contributed by atoms with van der Waals surface area (Å²) in [6.07, 6.45) is 4.02. The summed E-state index contributed by atoms with van der Waals surface area (Å²) in [6, 6.07) is 0. The van der Waals surface area contributed by atoms with Crippen LogP contribution in [0.2, 0.25) is 0 Å². The summed E-state index contributed by atoms with van der Waals surface area (Å²) in [4.78, 5) is 9.54. The predicted molar refractivity (Wildman–Crippen MR) is 37.2 cm³/mol. The number of rotatable bonds is 3. The third-order valence-electron chi connectivity index (χ3n) is 0.779. The van der Waals surface area contributed by atoms with E-state index in [-0.39, 0.29) is 5.70 Å². The number of allylic oxidation sites excluding steroid dienone is 2. The zero-order chi connectivity index (χ0) is 7.98. The van der Waals surface area contributed by atoms with Gasteiger partial charge in [-0.15, -0.1) is 0 Å². The Bertz CT molecular complexity index is 174. The van der Waals surface area contributed by atoms with Gasteiger partial charge in [-0.2, -0.15) is 0 Å². The lowest BCUT2D eigenvalue weighted by Gasteiger charge is -1.89. The number of hydrogen-bond acceptors (Lipinski definition) is 4. The van der Waals surface area contributed by atoms with Crippen LogP contribution < -0.4 is 11.3 Å². The highest BCUT2D eigenvalue weighted by Crippen LogP contribution is 1.94. The van der Waals surface area contributed by atoms with E-state index in [1.165, 1.54) is 6.08 Å². The lowest BCUT2D eigenvalue weighted by molar-refractivity contribution is -0.419. The Morgan fingerprint density at radius 3 is 2.70 bits per heavy atom. The first-order valence-electron chi connectivity index (χ1n) is 2.65. The number of nitro groups is 1. The van der Waals surface area contributed by atoms with Crippen LogP contribution in [0.25, 0.3) is 0 Å². The first-order valence-corrected chi connectivity index (χ1v) is 2.65. The van der Waals surface area contributed by atoms with Crippen LogP contribution in [0.15, 0.2) is 24.0 Å². The standard InChI is InChI=1S/C5H9N3O2/c1-2-3-5(4-7-6)8(9)10/h2-4,7H,6H2,1H3/b3-2+,5-4+. The van der Waals surface area contributed by atoms with E-state index in [0.717, 1.165) is 6.20 Å². The fraction of sp³-hybridized carbons (Fsp3) is 0.200. The Morgan fingerprint density at radius 1 is 1.80 bits per heavy atom. The number of nitrogens with zero attached hydrogens (tertiary/aromatic N) is 1. The number of nitrogens with two attached hydrogens (primary N) is 1. The molecule has 0 aliphatic heterocycles. The van der Waals surface area contributed by atoms with Gasteiger partial charge in [0.1, 0.15) is 0 Å². The van der Waals surface area contributed by atoms with Gasteiger partial charge in [0.05, 0.1) is 11.1 Å². The zero-order valence-electron chi connectivity index (χ0n) is 5.57. The van der Waals surface area contributed by atoms with Crippen molar-refractivity contribution in [3.05, 3.63) is 34.2 Å². The number of hydrogen-bond donors (Lipinski definition) is 2. The Balaban J connectivity index is 4.26. The molecule has 0 spiro atoms. The molecule has 10 heavy (non-hydrogen) atoms. The molecule has 0 bridgehead atoms. The van der Waals surface area contributed by atoms with Crippen molar-refractivity contribution in [1.82, 2.24) is 5.43 Å². The molecule has 0 aromatic rings. The topological polar surface area (TPSA) is 81.2 Å². The third kappa shape index (κ3) is 2.83. The molecule has 56 valence electrons. The average Bonchev–Trinajstić information content (AvgIpc) is 1.87. The molecule has 0 aromatic heterocycles. The molecule has 0 heterocycles. The second kappa shape index (κ2) is 4.51. The lowest BCUT2D eigenvalue weighted by atomic mass is 10.4. The molecular formula is C5H9N3O2. The molecule has 0 saturated carbocycles. The van der Waals surface area contributed by atoms with Crippen LogP contribution in [0.5, 0.6) is 0 Å².